The minimum absolute atomic E-state index is 0.240. The van der Waals surface area contributed by atoms with Crippen LogP contribution >= 0.6 is 0 Å². The van der Waals surface area contributed by atoms with E-state index < -0.39 is 0 Å². The Labute approximate surface area is 138 Å². The highest BCUT2D eigenvalue weighted by molar-refractivity contribution is 5.64. The molecule has 0 bridgehead atoms. The summed E-state index contributed by atoms with van der Waals surface area (Å²) >= 11 is 0. The van der Waals surface area contributed by atoms with E-state index in [0.29, 0.717) is 0 Å². The van der Waals surface area contributed by atoms with Gasteiger partial charge < -0.3 is 14.6 Å². The third-order valence-corrected chi connectivity index (χ3v) is 3.71. The van der Waals surface area contributed by atoms with Crippen molar-refractivity contribution in [2.24, 2.45) is 0 Å². The number of hydrogen-bond acceptors (Lipinski definition) is 3. The molecule has 2 rings (SSSR count). The Morgan fingerprint density at radius 1 is 0.870 bits per heavy atom. The molecule has 0 aliphatic carbocycles. The molecule has 0 saturated heterocycles. The molecule has 0 radical (unpaired) electrons. The number of phenols is 1. The summed E-state index contributed by atoms with van der Waals surface area (Å²) in [6.07, 6.45) is 4.55. The number of benzene rings is 2. The third-order valence-electron chi connectivity index (χ3n) is 3.71. The maximum Gasteiger partial charge on any atom is 0.196 e. The normalized spacial score (nSPS) is 12.1. The highest BCUT2D eigenvalue weighted by atomic mass is 16.7. The average molecular weight is 314 g/mol. The lowest BCUT2D eigenvalue weighted by Crippen LogP contribution is -2.16. The van der Waals surface area contributed by atoms with Crippen molar-refractivity contribution in [3.8, 4) is 22.6 Å². The van der Waals surface area contributed by atoms with E-state index in [0.717, 1.165) is 29.9 Å². The van der Waals surface area contributed by atoms with Crippen LogP contribution in [-0.4, -0.2) is 18.0 Å². The first-order chi connectivity index (χ1) is 11.2. The van der Waals surface area contributed by atoms with E-state index in [9.17, 15) is 5.11 Å². The first-order valence-corrected chi connectivity index (χ1v) is 8.37. The monoisotopic (exact) mass is 314 g/mol. The number of unbranched alkanes of at least 4 members (excludes halogenated alkanes) is 3. The van der Waals surface area contributed by atoms with Gasteiger partial charge in [-0.05, 0) is 48.7 Å². The molecule has 3 nitrogen and oxygen atoms in total. The van der Waals surface area contributed by atoms with Gasteiger partial charge in [0.15, 0.2) is 6.29 Å². The van der Waals surface area contributed by atoms with Gasteiger partial charge in [-0.3, -0.25) is 0 Å². The lowest BCUT2D eigenvalue weighted by atomic mass is 10.1. The molecular formula is C20H26O3. The number of phenolic OH excluding ortho intramolecular Hbond substituents is 1. The van der Waals surface area contributed by atoms with Gasteiger partial charge in [-0.2, -0.15) is 0 Å². The fourth-order valence-corrected chi connectivity index (χ4v) is 2.38. The summed E-state index contributed by atoms with van der Waals surface area (Å²) in [7, 11) is 0. The largest absolute Gasteiger partial charge is 0.508 e. The summed E-state index contributed by atoms with van der Waals surface area (Å²) < 4.78 is 11.4. The number of aromatic hydroxyl groups is 1. The van der Waals surface area contributed by atoms with E-state index in [2.05, 4.69) is 6.92 Å². The summed E-state index contributed by atoms with van der Waals surface area (Å²) in [5, 5.41) is 9.33. The van der Waals surface area contributed by atoms with Gasteiger partial charge in [0.2, 0.25) is 0 Å². The minimum atomic E-state index is -0.240. The third kappa shape index (κ3) is 5.95. The van der Waals surface area contributed by atoms with Crippen LogP contribution in [0.4, 0.5) is 0 Å². The second-order valence-electron chi connectivity index (χ2n) is 5.69. The maximum absolute atomic E-state index is 9.33. The molecule has 0 aliphatic heterocycles. The zero-order valence-corrected chi connectivity index (χ0v) is 14.0. The van der Waals surface area contributed by atoms with E-state index in [1.165, 1.54) is 19.3 Å². The van der Waals surface area contributed by atoms with Crippen molar-refractivity contribution < 1.29 is 14.6 Å². The van der Waals surface area contributed by atoms with Crippen LogP contribution < -0.4 is 4.74 Å². The van der Waals surface area contributed by atoms with Gasteiger partial charge in [0.25, 0.3) is 0 Å². The fourth-order valence-electron chi connectivity index (χ4n) is 2.38. The molecule has 0 fully saturated rings. The van der Waals surface area contributed by atoms with Crippen molar-refractivity contribution in [1.29, 1.82) is 0 Å². The lowest BCUT2D eigenvalue weighted by molar-refractivity contribution is -0.0676. The van der Waals surface area contributed by atoms with E-state index in [1.54, 1.807) is 12.1 Å². The number of rotatable bonds is 9. The summed E-state index contributed by atoms with van der Waals surface area (Å²) in [6.45, 7) is 4.87. The molecule has 124 valence electrons. The van der Waals surface area contributed by atoms with Crippen molar-refractivity contribution in [2.45, 2.75) is 45.8 Å². The zero-order chi connectivity index (χ0) is 16.5. The molecule has 0 heterocycles. The average Bonchev–Trinajstić information content (AvgIpc) is 2.56. The van der Waals surface area contributed by atoms with Gasteiger partial charge in [0.05, 0.1) is 6.61 Å². The van der Waals surface area contributed by atoms with Crippen molar-refractivity contribution in [3.05, 3.63) is 48.5 Å². The van der Waals surface area contributed by atoms with Crippen LogP contribution in [0.2, 0.25) is 0 Å². The van der Waals surface area contributed by atoms with Crippen molar-refractivity contribution in [2.75, 3.05) is 6.61 Å². The quantitative estimate of drug-likeness (QED) is 0.499. The highest BCUT2D eigenvalue weighted by Crippen LogP contribution is 2.24. The van der Waals surface area contributed by atoms with Crippen molar-refractivity contribution in [1.82, 2.24) is 0 Å². The summed E-state index contributed by atoms with van der Waals surface area (Å²) in [5.41, 5.74) is 2.15. The second-order valence-corrected chi connectivity index (χ2v) is 5.69. The smallest absolute Gasteiger partial charge is 0.196 e. The van der Waals surface area contributed by atoms with Gasteiger partial charge in [0.1, 0.15) is 11.5 Å². The van der Waals surface area contributed by atoms with Crippen LogP contribution in [0.5, 0.6) is 11.5 Å². The highest BCUT2D eigenvalue weighted by Gasteiger charge is 2.05. The SMILES string of the molecule is CCCCCCOC(C)Oc1ccc(-c2ccc(O)cc2)cc1. The van der Waals surface area contributed by atoms with Crippen LogP contribution in [0, 0.1) is 0 Å². The van der Waals surface area contributed by atoms with Gasteiger partial charge >= 0.3 is 0 Å². The molecule has 2 aromatic carbocycles. The molecule has 0 aromatic heterocycles. The number of ether oxygens (including phenoxy) is 2. The first kappa shape index (κ1) is 17.4. The van der Waals surface area contributed by atoms with E-state index in [-0.39, 0.29) is 12.0 Å². The molecular weight excluding hydrogens is 288 g/mol. The van der Waals surface area contributed by atoms with Gasteiger partial charge in [-0.15, -0.1) is 0 Å². The van der Waals surface area contributed by atoms with Crippen LogP contribution in [0.3, 0.4) is 0 Å². The predicted octanol–water partition coefficient (Wildman–Crippen LogP) is 5.38. The standard InChI is InChI=1S/C20H26O3/c1-3-4-5-6-15-22-16(2)23-20-13-9-18(10-14-20)17-7-11-19(21)12-8-17/h7-14,16,21H,3-6,15H2,1-2H3. The van der Waals surface area contributed by atoms with E-state index >= 15 is 0 Å². The first-order valence-electron chi connectivity index (χ1n) is 8.37. The number of hydrogen-bond donors (Lipinski definition) is 1. The summed E-state index contributed by atoms with van der Waals surface area (Å²) in [6, 6.07) is 15.1. The summed E-state index contributed by atoms with van der Waals surface area (Å²) in [4.78, 5) is 0. The minimum Gasteiger partial charge on any atom is -0.508 e. The zero-order valence-electron chi connectivity index (χ0n) is 14.0. The predicted molar refractivity (Wildman–Crippen MR) is 93.7 cm³/mol. The Kier molecular flexibility index (Phi) is 6.95. The lowest BCUT2D eigenvalue weighted by Gasteiger charge is -2.15. The Hall–Kier alpha value is -2.00. The van der Waals surface area contributed by atoms with Crippen molar-refractivity contribution >= 4 is 0 Å². The molecule has 0 spiro atoms. The van der Waals surface area contributed by atoms with E-state index in [4.69, 9.17) is 9.47 Å². The second kappa shape index (κ2) is 9.21. The van der Waals surface area contributed by atoms with Crippen LogP contribution in [-0.2, 0) is 4.74 Å². The maximum atomic E-state index is 9.33. The van der Waals surface area contributed by atoms with Crippen LogP contribution in [0.1, 0.15) is 39.5 Å². The Balaban J connectivity index is 1.81. The topological polar surface area (TPSA) is 38.7 Å². The van der Waals surface area contributed by atoms with Crippen LogP contribution in [0.15, 0.2) is 48.5 Å². The Bertz CT molecular complexity index is 560. The van der Waals surface area contributed by atoms with Gasteiger partial charge in [-0.25, -0.2) is 0 Å². The molecule has 1 atom stereocenters. The molecule has 0 saturated carbocycles. The van der Waals surface area contributed by atoms with Crippen molar-refractivity contribution in [3.63, 3.8) is 0 Å². The molecule has 0 aliphatic rings. The Morgan fingerprint density at radius 2 is 1.48 bits per heavy atom. The van der Waals surface area contributed by atoms with Gasteiger partial charge in [-0.1, -0.05) is 50.5 Å². The molecule has 1 unspecified atom stereocenters. The molecule has 23 heavy (non-hydrogen) atoms. The van der Waals surface area contributed by atoms with Crippen LogP contribution in [0.25, 0.3) is 11.1 Å². The molecule has 0 amide bonds. The molecule has 3 heteroatoms. The van der Waals surface area contributed by atoms with Gasteiger partial charge in [0, 0.05) is 0 Å². The molecule has 1 N–H and O–H groups in total. The fraction of sp³-hybridized carbons (Fsp3) is 0.400. The Morgan fingerprint density at radius 3 is 2.09 bits per heavy atom. The molecule has 2 aromatic rings. The van der Waals surface area contributed by atoms with E-state index in [1.807, 2.05) is 43.3 Å². The summed E-state index contributed by atoms with van der Waals surface area (Å²) in [5.74, 6) is 1.08.